The summed E-state index contributed by atoms with van der Waals surface area (Å²) in [7, 11) is -3.64. The van der Waals surface area contributed by atoms with Crippen LogP contribution in [0.3, 0.4) is 0 Å². The number of hydrogen-bond donors (Lipinski definition) is 1. The summed E-state index contributed by atoms with van der Waals surface area (Å²) in [6.45, 7) is 7.86. The topological polar surface area (TPSA) is 86.3 Å². The molecule has 0 bridgehead atoms. The fraction of sp³-hybridized carbons (Fsp3) is 0.533. The molecule has 6 heteroatoms. The number of aryl methyl sites for hydroxylation is 1. The number of sulfonamides is 1. The van der Waals surface area contributed by atoms with Gasteiger partial charge >= 0.3 is 0 Å². The van der Waals surface area contributed by atoms with Gasteiger partial charge in [0.25, 0.3) is 0 Å². The Balaban J connectivity index is 2.95. The Hall–Kier alpha value is -1.40. The van der Waals surface area contributed by atoms with Crippen molar-refractivity contribution in [2.24, 2.45) is 0 Å². The molecule has 0 atom stereocenters. The lowest BCUT2D eigenvalue weighted by Crippen LogP contribution is -2.28. The van der Waals surface area contributed by atoms with Crippen molar-refractivity contribution >= 4 is 16.0 Å². The number of benzene rings is 1. The molecule has 1 aromatic carbocycles. The van der Waals surface area contributed by atoms with Gasteiger partial charge in [0.2, 0.25) is 10.0 Å². The second kappa shape index (κ2) is 6.58. The quantitative estimate of drug-likeness (QED) is 0.797. The smallest absolute Gasteiger partial charge is 0.240 e. The average Bonchev–Trinajstić information content (AvgIpc) is 2.33. The van der Waals surface area contributed by atoms with Crippen LogP contribution >= 0.6 is 0 Å². The molecule has 0 saturated heterocycles. The van der Waals surface area contributed by atoms with Gasteiger partial charge in [-0.1, -0.05) is 32.9 Å². The summed E-state index contributed by atoms with van der Waals surface area (Å²) in [6, 6.07) is 5.39. The molecule has 1 rings (SSSR count). The van der Waals surface area contributed by atoms with Crippen molar-refractivity contribution in [2.45, 2.75) is 50.8 Å². The van der Waals surface area contributed by atoms with Crippen molar-refractivity contribution in [1.29, 1.82) is 0 Å². The Morgan fingerprint density at radius 3 is 2.43 bits per heavy atom. The van der Waals surface area contributed by atoms with Crippen molar-refractivity contribution in [2.75, 3.05) is 6.54 Å². The molecule has 1 N–H and O–H groups in total. The predicted molar refractivity (Wildman–Crippen MR) is 79.3 cm³/mol. The minimum atomic E-state index is -3.64. The predicted octanol–water partition coefficient (Wildman–Crippen LogP) is 1.10. The lowest BCUT2D eigenvalue weighted by atomic mass is 9.87. The second-order valence-electron chi connectivity index (χ2n) is 6.10. The molecule has 0 heterocycles. The number of carboxylic acids is 1. The van der Waals surface area contributed by atoms with Gasteiger partial charge in [-0.05, 0) is 42.4 Å². The van der Waals surface area contributed by atoms with E-state index in [0.717, 1.165) is 5.56 Å². The molecular weight excluding hydrogens is 290 g/mol. The van der Waals surface area contributed by atoms with Gasteiger partial charge in [0.05, 0.1) is 4.90 Å². The van der Waals surface area contributed by atoms with Crippen LogP contribution in [-0.2, 0) is 20.2 Å². The summed E-state index contributed by atoms with van der Waals surface area (Å²) < 4.78 is 27.0. The number of aliphatic carboxylic acids is 1. The van der Waals surface area contributed by atoms with Gasteiger partial charge in [0.1, 0.15) is 0 Å². The number of hydrogen-bond acceptors (Lipinski definition) is 4. The zero-order valence-corrected chi connectivity index (χ0v) is 13.7. The largest absolute Gasteiger partial charge is 0.550 e. The van der Waals surface area contributed by atoms with Crippen LogP contribution in [0.5, 0.6) is 0 Å². The molecule has 5 nitrogen and oxygen atoms in total. The normalized spacial score (nSPS) is 12.4. The van der Waals surface area contributed by atoms with Crippen molar-refractivity contribution < 1.29 is 18.3 Å². The van der Waals surface area contributed by atoms with E-state index < -0.39 is 16.0 Å². The van der Waals surface area contributed by atoms with E-state index in [2.05, 4.69) is 4.72 Å². The molecular formula is C15H22NO4S-. The van der Waals surface area contributed by atoms with Crippen LogP contribution in [0.25, 0.3) is 0 Å². The molecule has 0 aliphatic carbocycles. The lowest BCUT2D eigenvalue weighted by Gasteiger charge is -2.21. The molecule has 118 valence electrons. The number of carbonyl (C=O) groups is 1. The molecule has 0 fully saturated rings. The molecule has 0 aliphatic rings. The first-order valence-corrected chi connectivity index (χ1v) is 8.33. The van der Waals surface area contributed by atoms with E-state index >= 15 is 0 Å². The molecule has 0 amide bonds. The fourth-order valence-electron chi connectivity index (χ4n) is 1.87. The van der Waals surface area contributed by atoms with Crippen LogP contribution in [0.2, 0.25) is 0 Å². The van der Waals surface area contributed by atoms with Gasteiger partial charge in [-0.15, -0.1) is 0 Å². The molecule has 0 unspecified atom stereocenters. The third-order valence-corrected chi connectivity index (χ3v) is 4.80. The Morgan fingerprint density at radius 1 is 1.29 bits per heavy atom. The maximum absolute atomic E-state index is 12.3. The molecule has 0 aliphatic heterocycles. The minimum Gasteiger partial charge on any atom is -0.550 e. The number of carbonyl (C=O) groups excluding carboxylic acids is 1. The van der Waals surface area contributed by atoms with Crippen LogP contribution in [0, 0.1) is 6.92 Å². The van der Waals surface area contributed by atoms with Crippen molar-refractivity contribution in [3.8, 4) is 0 Å². The van der Waals surface area contributed by atoms with Gasteiger partial charge in [-0.3, -0.25) is 0 Å². The Kier molecular flexibility index (Phi) is 5.53. The molecule has 1 aromatic rings. The number of rotatable bonds is 6. The number of nitrogens with one attached hydrogen (secondary N) is 1. The maximum atomic E-state index is 12.3. The maximum Gasteiger partial charge on any atom is 0.240 e. The van der Waals surface area contributed by atoms with Gasteiger partial charge in [0, 0.05) is 12.5 Å². The highest BCUT2D eigenvalue weighted by Crippen LogP contribution is 2.26. The van der Waals surface area contributed by atoms with E-state index in [9.17, 15) is 18.3 Å². The summed E-state index contributed by atoms with van der Waals surface area (Å²) in [5, 5.41) is 10.3. The van der Waals surface area contributed by atoms with E-state index in [4.69, 9.17) is 0 Å². The van der Waals surface area contributed by atoms with E-state index in [0.29, 0.717) is 5.56 Å². The first-order valence-electron chi connectivity index (χ1n) is 6.84. The first-order chi connectivity index (χ1) is 9.54. The molecule has 0 saturated carbocycles. The minimum absolute atomic E-state index is 0.0789. The van der Waals surface area contributed by atoms with Gasteiger partial charge in [0.15, 0.2) is 0 Å². The van der Waals surface area contributed by atoms with Crippen LogP contribution < -0.4 is 9.83 Å². The zero-order chi connectivity index (χ0) is 16.3. The Morgan fingerprint density at radius 2 is 1.90 bits per heavy atom. The molecule has 21 heavy (non-hydrogen) atoms. The highest BCUT2D eigenvalue weighted by Gasteiger charge is 2.20. The van der Waals surface area contributed by atoms with E-state index in [1.165, 1.54) is 0 Å². The number of carboxylic acid groups (broad SMARTS) is 1. The van der Waals surface area contributed by atoms with Crippen molar-refractivity contribution in [3.63, 3.8) is 0 Å². The standard InChI is InChI=1S/C15H23NO4S/c1-11-7-8-12(15(2,3)4)10-13(11)21(19,20)16-9-5-6-14(17)18/h7-8,10,16H,5-6,9H2,1-4H3,(H,17,18)/p-1. The third-order valence-electron chi connectivity index (χ3n) is 3.19. The monoisotopic (exact) mass is 312 g/mol. The lowest BCUT2D eigenvalue weighted by molar-refractivity contribution is -0.305. The van der Waals surface area contributed by atoms with E-state index in [1.54, 1.807) is 19.1 Å². The molecule has 0 spiro atoms. The summed E-state index contributed by atoms with van der Waals surface area (Å²) in [6.07, 6.45) is 0.0447. The Labute approximate surface area is 126 Å². The molecule has 0 aromatic heterocycles. The summed E-state index contributed by atoms with van der Waals surface area (Å²) in [5.74, 6) is -1.18. The summed E-state index contributed by atoms with van der Waals surface area (Å²) in [4.78, 5) is 10.6. The highest BCUT2D eigenvalue weighted by atomic mass is 32.2. The molecule has 0 radical (unpaired) electrons. The second-order valence-corrected chi connectivity index (χ2v) is 7.84. The SMILES string of the molecule is Cc1ccc(C(C)(C)C)cc1S(=O)(=O)NCCCC(=O)[O-]. The highest BCUT2D eigenvalue weighted by molar-refractivity contribution is 7.89. The van der Waals surface area contributed by atoms with Crippen LogP contribution in [0.1, 0.15) is 44.7 Å². The van der Waals surface area contributed by atoms with Gasteiger partial charge in [-0.2, -0.15) is 0 Å². The first kappa shape index (κ1) is 17.7. The fourth-order valence-corrected chi connectivity index (χ4v) is 3.22. The van der Waals surface area contributed by atoms with Gasteiger partial charge in [-0.25, -0.2) is 13.1 Å². The van der Waals surface area contributed by atoms with Crippen molar-refractivity contribution in [1.82, 2.24) is 4.72 Å². The van der Waals surface area contributed by atoms with Crippen molar-refractivity contribution in [3.05, 3.63) is 29.3 Å². The van der Waals surface area contributed by atoms with Crippen LogP contribution in [0.4, 0.5) is 0 Å². The zero-order valence-electron chi connectivity index (χ0n) is 12.9. The van der Waals surface area contributed by atoms with E-state index in [-0.39, 0.29) is 29.7 Å². The van der Waals surface area contributed by atoms with Crippen LogP contribution in [0.15, 0.2) is 23.1 Å². The third kappa shape index (κ3) is 5.13. The van der Waals surface area contributed by atoms with E-state index in [1.807, 2.05) is 26.8 Å². The summed E-state index contributed by atoms with van der Waals surface area (Å²) >= 11 is 0. The van der Waals surface area contributed by atoms with Crippen LogP contribution in [-0.4, -0.2) is 20.9 Å². The summed E-state index contributed by atoms with van der Waals surface area (Å²) in [5.41, 5.74) is 1.45. The average molecular weight is 312 g/mol. The van der Waals surface area contributed by atoms with Gasteiger partial charge < -0.3 is 9.90 Å². The Bertz CT molecular complexity index is 615.